The molecule has 146 valence electrons. The molecule has 27 heavy (non-hydrogen) atoms. The number of carbonyl (C=O) groups is 2. The number of amidine groups is 1. The minimum atomic E-state index is -1.12. The van der Waals surface area contributed by atoms with E-state index in [0.29, 0.717) is 19.3 Å². The summed E-state index contributed by atoms with van der Waals surface area (Å²) >= 11 is 0. The van der Waals surface area contributed by atoms with Gasteiger partial charge in [-0.3, -0.25) is 4.79 Å². The standard InChI is InChI=1S/C20H27N3O4/c1-19(2,3)27-18(25)23(15-12-14(15)13-8-5-4-6-9-13)17(24)20(10-7-11-20)16(21)22-26/h4-6,8-9,14-15,26H,7,10-12H2,1-3H3,(H2,21,22)/t14?,15-/m0/s1. The van der Waals surface area contributed by atoms with E-state index >= 15 is 0 Å². The van der Waals surface area contributed by atoms with Crippen molar-refractivity contribution in [3.63, 3.8) is 0 Å². The van der Waals surface area contributed by atoms with Gasteiger partial charge in [0.1, 0.15) is 11.0 Å². The SMILES string of the molecule is CC(C)(C)OC(=O)N(C(=O)C1(/C(N)=N/O)CCC1)[C@H]1CC1c1ccccc1. The fourth-order valence-corrected chi connectivity index (χ4v) is 3.64. The third kappa shape index (κ3) is 3.63. The third-order valence-corrected chi connectivity index (χ3v) is 5.34. The number of benzene rings is 1. The van der Waals surface area contributed by atoms with Gasteiger partial charge in [-0.15, -0.1) is 0 Å². The first kappa shape index (κ1) is 19.2. The van der Waals surface area contributed by atoms with Gasteiger partial charge < -0.3 is 15.7 Å². The maximum absolute atomic E-state index is 13.4. The van der Waals surface area contributed by atoms with E-state index in [1.165, 1.54) is 4.90 Å². The minimum absolute atomic E-state index is 0.0760. The van der Waals surface area contributed by atoms with Crippen LogP contribution in [0.4, 0.5) is 4.79 Å². The number of imide groups is 1. The average molecular weight is 373 g/mol. The van der Waals surface area contributed by atoms with Gasteiger partial charge in [0.25, 0.3) is 0 Å². The lowest BCUT2D eigenvalue weighted by molar-refractivity contribution is -0.141. The smallest absolute Gasteiger partial charge is 0.417 e. The Labute approximate surface area is 159 Å². The second-order valence-corrected chi connectivity index (χ2v) is 8.40. The van der Waals surface area contributed by atoms with Crippen molar-refractivity contribution >= 4 is 17.8 Å². The van der Waals surface area contributed by atoms with Gasteiger partial charge in [-0.05, 0) is 45.6 Å². The van der Waals surface area contributed by atoms with Crippen LogP contribution in [0.5, 0.6) is 0 Å². The van der Waals surface area contributed by atoms with Crippen molar-refractivity contribution in [2.45, 2.75) is 64.0 Å². The molecule has 3 N–H and O–H groups in total. The second kappa shape index (κ2) is 6.87. The topological polar surface area (TPSA) is 105 Å². The first-order chi connectivity index (χ1) is 12.7. The van der Waals surface area contributed by atoms with Crippen LogP contribution in [0, 0.1) is 5.41 Å². The molecule has 2 saturated carbocycles. The molecule has 1 unspecified atom stereocenters. The molecule has 0 heterocycles. The number of carbonyl (C=O) groups excluding carboxylic acids is 2. The lowest BCUT2D eigenvalue weighted by atomic mass is 9.66. The van der Waals surface area contributed by atoms with E-state index in [1.807, 2.05) is 30.3 Å². The predicted octanol–water partition coefficient (Wildman–Crippen LogP) is 3.22. The molecule has 0 aromatic heterocycles. The van der Waals surface area contributed by atoms with Gasteiger partial charge in [0, 0.05) is 5.92 Å². The molecule has 2 aliphatic carbocycles. The summed E-state index contributed by atoms with van der Waals surface area (Å²) in [6.45, 7) is 5.29. The quantitative estimate of drug-likeness (QED) is 0.365. The molecular formula is C20H27N3O4. The third-order valence-electron chi connectivity index (χ3n) is 5.34. The fraction of sp³-hybridized carbons (Fsp3) is 0.550. The van der Waals surface area contributed by atoms with E-state index < -0.39 is 23.0 Å². The Morgan fingerprint density at radius 2 is 1.89 bits per heavy atom. The summed E-state index contributed by atoms with van der Waals surface area (Å²) in [4.78, 5) is 27.5. The molecule has 7 heteroatoms. The van der Waals surface area contributed by atoms with Crippen LogP contribution in [0.1, 0.15) is 57.9 Å². The van der Waals surface area contributed by atoms with Gasteiger partial charge in [0.15, 0.2) is 5.84 Å². The Bertz CT molecular complexity index is 750. The molecule has 2 fully saturated rings. The zero-order valence-corrected chi connectivity index (χ0v) is 16.0. The van der Waals surface area contributed by atoms with Crippen molar-refractivity contribution in [3.8, 4) is 0 Å². The van der Waals surface area contributed by atoms with Crippen molar-refractivity contribution in [3.05, 3.63) is 35.9 Å². The van der Waals surface area contributed by atoms with Crippen LogP contribution in [-0.4, -0.2) is 39.6 Å². The molecule has 1 aromatic carbocycles. The first-order valence-corrected chi connectivity index (χ1v) is 9.29. The summed E-state index contributed by atoms with van der Waals surface area (Å²) < 4.78 is 5.51. The number of nitrogens with two attached hydrogens (primary N) is 1. The highest BCUT2D eigenvalue weighted by molar-refractivity contribution is 6.11. The van der Waals surface area contributed by atoms with Crippen molar-refractivity contribution in [2.75, 3.05) is 0 Å². The van der Waals surface area contributed by atoms with Crippen LogP contribution < -0.4 is 5.73 Å². The number of hydrogen-bond acceptors (Lipinski definition) is 5. The molecule has 0 saturated heterocycles. The Morgan fingerprint density at radius 1 is 1.26 bits per heavy atom. The largest absolute Gasteiger partial charge is 0.443 e. The molecule has 2 atom stereocenters. The number of rotatable bonds is 4. The van der Waals surface area contributed by atoms with Crippen molar-refractivity contribution < 1.29 is 19.5 Å². The van der Waals surface area contributed by atoms with Gasteiger partial charge in [-0.1, -0.05) is 41.9 Å². The summed E-state index contributed by atoms with van der Waals surface area (Å²) in [5.74, 6) is -0.488. The van der Waals surface area contributed by atoms with E-state index in [0.717, 1.165) is 12.0 Å². The second-order valence-electron chi connectivity index (χ2n) is 8.40. The normalized spacial score (nSPS) is 23.9. The number of amides is 2. The van der Waals surface area contributed by atoms with E-state index in [9.17, 15) is 9.59 Å². The lowest BCUT2D eigenvalue weighted by Gasteiger charge is -2.42. The molecular weight excluding hydrogens is 346 g/mol. The van der Waals surface area contributed by atoms with E-state index in [2.05, 4.69) is 5.16 Å². The average Bonchev–Trinajstić information content (AvgIpc) is 3.33. The lowest BCUT2D eigenvalue weighted by Crippen LogP contribution is -2.57. The van der Waals surface area contributed by atoms with Crippen molar-refractivity contribution in [1.82, 2.24) is 4.90 Å². The monoisotopic (exact) mass is 373 g/mol. The van der Waals surface area contributed by atoms with Crippen LogP contribution in [0.3, 0.4) is 0 Å². The number of ether oxygens (including phenoxy) is 1. The molecule has 1 aromatic rings. The van der Waals surface area contributed by atoms with Crippen LogP contribution in [0.15, 0.2) is 35.5 Å². The van der Waals surface area contributed by atoms with Crippen LogP contribution in [-0.2, 0) is 9.53 Å². The van der Waals surface area contributed by atoms with Crippen molar-refractivity contribution in [1.29, 1.82) is 0 Å². The Hall–Kier alpha value is -2.57. The first-order valence-electron chi connectivity index (χ1n) is 9.29. The highest BCUT2D eigenvalue weighted by Gasteiger charge is 2.57. The van der Waals surface area contributed by atoms with Gasteiger partial charge in [0.2, 0.25) is 5.91 Å². The summed E-state index contributed by atoms with van der Waals surface area (Å²) in [6.07, 6.45) is 1.72. The Kier molecular flexibility index (Phi) is 4.88. The summed E-state index contributed by atoms with van der Waals surface area (Å²) in [5, 5.41) is 12.2. The zero-order valence-electron chi connectivity index (χ0n) is 16.0. The molecule has 7 nitrogen and oxygen atoms in total. The molecule has 2 aliphatic rings. The maximum Gasteiger partial charge on any atom is 0.417 e. The fourth-order valence-electron chi connectivity index (χ4n) is 3.64. The van der Waals surface area contributed by atoms with Gasteiger partial charge in [-0.2, -0.15) is 0 Å². The summed E-state index contributed by atoms with van der Waals surface area (Å²) in [6, 6.07) is 9.51. The molecule has 0 radical (unpaired) electrons. The van der Waals surface area contributed by atoms with Crippen molar-refractivity contribution in [2.24, 2.45) is 16.3 Å². The summed E-state index contributed by atoms with van der Waals surface area (Å²) in [7, 11) is 0. The molecule has 2 amide bonds. The molecule has 0 bridgehead atoms. The minimum Gasteiger partial charge on any atom is -0.443 e. The number of nitrogens with zero attached hydrogens (tertiary/aromatic N) is 2. The molecule has 0 spiro atoms. The Morgan fingerprint density at radius 3 is 2.37 bits per heavy atom. The molecule has 0 aliphatic heterocycles. The highest BCUT2D eigenvalue weighted by atomic mass is 16.6. The van der Waals surface area contributed by atoms with Gasteiger partial charge >= 0.3 is 6.09 Å². The number of hydrogen-bond donors (Lipinski definition) is 2. The predicted molar refractivity (Wildman–Crippen MR) is 100 cm³/mol. The van der Waals surface area contributed by atoms with Gasteiger partial charge in [-0.25, -0.2) is 9.69 Å². The van der Waals surface area contributed by atoms with Crippen LogP contribution in [0.25, 0.3) is 0 Å². The Balaban J connectivity index is 1.89. The van der Waals surface area contributed by atoms with E-state index in [-0.39, 0.29) is 17.8 Å². The molecule has 3 rings (SSSR count). The highest BCUT2D eigenvalue weighted by Crippen LogP contribution is 2.49. The number of oxime groups is 1. The van der Waals surface area contributed by atoms with Crippen LogP contribution >= 0.6 is 0 Å². The van der Waals surface area contributed by atoms with E-state index in [4.69, 9.17) is 15.7 Å². The zero-order chi connectivity index (χ0) is 19.8. The van der Waals surface area contributed by atoms with Crippen LogP contribution in [0.2, 0.25) is 0 Å². The van der Waals surface area contributed by atoms with Gasteiger partial charge in [0.05, 0.1) is 6.04 Å². The maximum atomic E-state index is 13.4. The summed E-state index contributed by atoms with van der Waals surface area (Å²) in [5.41, 5.74) is 5.08. The van der Waals surface area contributed by atoms with E-state index in [1.54, 1.807) is 20.8 Å².